The normalized spacial score (nSPS) is 12.5. The van der Waals surface area contributed by atoms with Gasteiger partial charge in [-0.1, -0.05) is 84.2 Å². The van der Waals surface area contributed by atoms with Gasteiger partial charge in [0.25, 0.3) is 10.0 Å². The maximum atomic E-state index is 14.6. The van der Waals surface area contributed by atoms with Gasteiger partial charge in [-0.15, -0.1) is 0 Å². The molecule has 4 aromatic carbocycles. The van der Waals surface area contributed by atoms with Crippen LogP contribution in [0, 0.1) is 6.92 Å². The van der Waals surface area contributed by atoms with Gasteiger partial charge in [0.05, 0.1) is 17.2 Å². The van der Waals surface area contributed by atoms with Crippen molar-refractivity contribution in [1.82, 2.24) is 10.2 Å². The van der Waals surface area contributed by atoms with Crippen LogP contribution >= 0.6 is 23.2 Å². The van der Waals surface area contributed by atoms with E-state index in [4.69, 9.17) is 27.9 Å². The molecule has 0 saturated carbocycles. The largest absolute Gasteiger partial charge is 0.494 e. The lowest BCUT2D eigenvalue weighted by Gasteiger charge is -2.34. The minimum Gasteiger partial charge on any atom is -0.494 e. The van der Waals surface area contributed by atoms with Gasteiger partial charge in [0.15, 0.2) is 0 Å². The van der Waals surface area contributed by atoms with Crippen LogP contribution in [0.15, 0.2) is 102 Å². The first-order chi connectivity index (χ1) is 22.9. The van der Waals surface area contributed by atoms with Crippen molar-refractivity contribution in [2.24, 2.45) is 0 Å². The summed E-state index contributed by atoms with van der Waals surface area (Å²) in [5.74, 6) is -0.421. The topological polar surface area (TPSA) is 96.0 Å². The van der Waals surface area contributed by atoms with Crippen LogP contribution in [0.3, 0.4) is 0 Å². The molecule has 48 heavy (non-hydrogen) atoms. The van der Waals surface area contributed by atoms with E-state index in [0.717, 1.165) is 15.4 Å². The monoisotopic (exact) mass is 709 g/mol. The number of anilines is 1. The van der Waals surface area contributed by atoms with Gasteiger partial charge in [0.2, 0.25) is 11.8 Å². The summed E-state index contributed by atoms with van der Waals surface area (Å²) >= 11 is 12.8. The zero-order valence-electron chi connectivity index (χ0n) is 27.5. The first kappa shape index (κ1) is 36.8. The molecule has 0 bridgehead atoms. The van der Waals surface area contributed by atoms with E-state index in [-0.39, 0.29) is 29.8 Å². The highest BCUT2D eigenvalue weighted by molar-refractivity contribution is 7.92. The molecule has 0 unspecified atom stereocenters. The number of nitrogens with one attached hydrogen (secondary N) is 1. The maximum Gasteiger partial charge on any atom is 0.264 e. The number of rotatable bonds is 15. The third kappa shape index (κ3) is 9.52. The molecule has 0 fully saturated rings. The SMILES string of the molecule is CCOc1ccc(S(=O)(=O)N(CC(=O)N(Cc2ccc(Cl)cc2Cl)[C@H](Cc2ccccc2)C(=O)N[C@@H](C)CC)c2ccc(C)cc2)cc1. The first-order valence-corrected chi connectivity index (χ1v) is 18.0. The van der Waals surface area contributed by atoms with E-state index in [2.05, 4.69) is 5.32 Å². The maximum absolute atomic E-state index is 14.6. The van der Waals surface area contributed by atoms with Crippen molar-refractivity contribution < 1.29 is 22.7 Å². The second-order valence-corrected chi connectivity index (χ2v) is 14.2. The van der Waals surface area contributed by atoms with E-state index >= 15 is 0 Å². The predicted octanol–water partition coefficient (Wildman–Crippen LogP) is 7.45. The quantitative estimate of drug-likeness (QED) is 0.138. The number of amides is 2. The fourth-order valence-corrected chi connectivity index (χ4v) is 6.95. The lowest BCUT2D eigenvalue weighted by Crippen LogP contribution is -2.54. The van der Waals surface area contributed by atoms with E-state index in [1.165, 1.54) is 17.0 Å². The van der Waals surface area contributed by atoms with Crippen molar-refractivity contribution in [2.45, 2.75) is 64.1 Å². The average Bonchev–Trinajstić information content (AvgIpc) is 3.07. The Bertz CT molecular complexity index is 1790. The van der Waals surface area contributed by atoms with Crippen molar-refractivity contribution in [3.8, 4) is 5.75 Å². The van der Waals surface area contributed by atoms with Crippen LogP contribution in [0.1, 0.15) is 43.9 Å². The van der Waals surface area contributed by atoms with E-state index in [9.17, 15) is 18.0 Å². The Kier molecular flexibility index (Phi) is 12.9. The molecular weight excluding hydrogens is 669 g/mol. The number of carbonyl (C=O) groups is 2. The zero-order valence-corrected chi connectivity index (χ0v) is 29.9. The number of benzene rings is 4. The van der Waals surface area contributed by atoms with Crippen LogP contribution < -0.4 is 14.4 Å². The van der Waals surface area contributed by atoms with Gasteiger partial charge in [-0.2, -0.15) is 0 Å². The summed E-state index contributed by atoms with van der Waals surface area (Å²) in [7, 11) is -4.26. The smallest absolute Gasteiger partial charge is 0.264 e. The number of sulfonamides is 1. The fraction of sp³-hybridized carbons (Fsp3) is 0.297. The van der Waals surface area contributed by atoms with Crippen LogP contribution in [0.2, 0.25) is 10.0 Å². The molecule has 4 aromatic rings. The van der Waals surface area contributed by atoms with Gasteiger partial charge >= 0.3 is 0 Å². The van der Waals surface area contributed by atoms with Gasteiger partial charge in [0, 0.05) is 29.1 Å². The molecule has 0 heterocycles. The molecule has 0 spiro atoms. The second-order valence-electron chi connectivity index (χ2n) is 11.5. The molecule has 254 valence electrons. The fourth-order valence-electron chi connectivity index (χ4n) is 5.07. The van der Waals surface area contributed by atoms with Gasteiger partial charge in [0.1, 0.15) is 18.3 Å². The van der Waals surface area contributed by atoms with E-state index < -0.39 is 28.5 Å². The Morgan fingerprint density at radius 1 is 0.896 bits per heavy atom. The van der Waals surface area contributed by atoms with Gasteiger partial charge in [-0.3, -0.25) is 13.9 Å². The molecule has 1 N–H and O–H groups in total. The summed E-state index contributed by atoms with van der Waals surface area (Å²) in [5, 5.41) is 3.77. The van der Waals surface area contributed by atoms with Crippen molar-refractivity contribution in [3.63, 3.8) is 0 Å². The Labute approximate surface area is 293 Å². The standard InChI is InChI=1S/C37H41Cl2N3O5S/c1-5-27(4)40-37(44)35(22-28-10-8-7-9-11-28)41(24-29-14-15-30(38)23-34(29)39)36(43)25-42(31-16-12-26(3)13-17-31)48(45,46)33-20-18-32(19-21-33)47-6-2/h7-21,23,27,35H,5-6,22,24-25H2,1-4H3,(H,40,44)/t27-,35+/m0/s1. The molecule has 0 aliphatic heterocycles. The number of halogens is 2. The highest BCUT2D eigenvalue weighted by Crippen LogP contribution is 2.28. The summed E-state index contributed by atoms with van der Waals surface area (Å²) in [4.78, 5) is 30.0. The molecule has 11 heteroatoms. The number of aryl methyl sites for hydroxylation is 1. The lowest BCUT2D eigenvalue weighted by molar-refractivity contribution is -0.140. The minimum absolute atomic E-state index is 0.0121. The van der Waals surface area contributed by atoms with Gasteiger partial charge in [-0.25, -0.2) is 8.42 Å². The number of carbonyl (C=O) groups excluding carboxylic acids is 2. The molecule has 8 nitrogen and oxygen atoms in total. The number of hydrogen-bond acceptors (Lipinski definition) is 5. The Morgan fingerprint density at radius 3 is 2.17 bits per heavy atom. The third-order valence-electron chi connectivity index (χ3n) is 7.95. The summed E-state index contributed by atoms with van der Waals surface area (Å²) in [6.07, 6.45) is 0.874. The van der Waals surface area contributed by atoms with Crippen molar-refractivity contribution >= 4 is 50.7 Å². The molecule has 0 aromatic heterocycles. The zero-order chi connectivity index (χ0) is 34.8. The van der Waals surface area contributed by atoms with Crippen LogP contribution in [0.5, 0.6) is 5.75 Å². The first-order valence-electron chi connectivity index (χ1n) is 15.8. The highest BCUT2D eigenvalue weighted by Gasteiger charge is 2.35. The van der Waals surface area contributed by atoms with Crippen LogP contribution in [-0.2, 0) is 32.6 Å². The Balaban J connectivity index is 1.82. The van der Waals surface area contributed by atoms with Gasteiger partial charge < -0.3 is 15.0 Å². The summed E-state index contributed by atoms with van der Waals surface area (Å²) < 4.78 is 35.1. The summed E-state index contributed by atoms with van der Waals surface area (Å²) in [6, 6.07) is 26.1. The lowest BCUT2D eigenvalue weighted by atomic mass is 10.0. The molecule has 0 aliphatic carbocycles. The van der Waals surface area contributed by atoms with Crippen LogP contribution in [0.4, 0.5) is 5.69 Å². The Hall–Kier alpha value is -4.05. The summed E-state index contributed by atoms with van der Waals surface area (Å²) in [6.45, 7) is 7.37. The van der Waals surface area contributed by atoms with Crippen LogP contribution in [0.25, 0.3) is 0 Å². The van der Waals surface area contributed by atoms with E-state index in [1.54, 1.807) is 54.6 Å². The predicted molar refractivity (Wildman–Crippen MR) is 192 cm³/mol. The minimum atomic E-state index is -4.26. The Morgan fingerprint density at radius 2 is 1.56 bits per heavy atom. The number of ether oxygens (including phenoxy) is 1. The van der Waals surface area contributed by atoms with Crippen LogP contribution in [-0.4, -0.2) is 50.4 Å². The number of hydrogen-bond donors (Lipinski definition) is 1. The van der Waals surface area contributed by atoms with Crippen molar-refractivity contribution in [3.05, 3.63) is 124 Å². The molecular formula is C37H41Cl2N3O5S. The molecule has 2 amide bonds. The molecule has 4 rings (SSSR count). The van der Waals surface area contributed by atoms with E-state index in [1.807, 2.05) is 58.0 Å². The molecule has 2 atom stereocenters. The highest BCUT2D eigenvalue weighted by atomic mass is 35.5. The van der Waals surface area contributed by atoms with Gasteiger partial charge in [-0.05, 0) is 86.8 Å². The van der Waals surface area contributed by atoms with Crippen molar-refractivity contribution in [1.29, 1.82) is 0 Å². The second kappa shape index (κ2) is 16.9. The van der Waals surface area contributed by atoms with Crippen molar-refractivity contribution in [2.75, 3.05) is 17.5 Å². The average molecular weight is 711 g/mol. The molecule has 0 saturated heterocycles. The third-order valence-corrected chi connectivity index (χ3v) is 10.3. The molecule has 0 radical (unpaired) electrons. The number of nitrogens with zero attached hydrogens (tertiary/aromatic N) is 2. The molecule has 0 aliphatic rings. The van der Waals surface area contributed by atoms with E-state index in [0.29, 0.717) is 40.1 Å². The summed E-state index contributed by atoms with van der Waals surface area (Å²) in [5.41, 5.74) is 2.61.